The monoisotopic (exact) mass is 459 g/mol. The van der Waals surface area contributed by atoms with Gasteiger partial charge in [0.1, 0.15) is 0 Å². The maximum atomic E-state index is 4.97. The number of nitrogens with zero attached hydrogens (tertiary/aromatic N) is 1. The van der Waals surface area contributed by atoms with Crippen molar-refractivity contribution in [2.45, 2.75) is 88.9 Å². The van der Waals surface area contributed by atoms with Gasteiger partial charge in [-0.05, 0) is 107 Å². The fraction of sp³-hybridized carbons (Fsp3) is 0.516. The summed E-state index contributed by atoms with van der Waals surface area (Å²) in [5.74, 6) is 5.32. The Kier molecular flexibility index (Phi) is 6.84. The summed E-state index contributed by atoms with van der Waals surface area (Å²) in [6, 6.07) is 17.1. The lowest BCUT2D eigenvalue weighted by atomic mass is 9.87. The third-order valence-corrected chi connectivity index (χ3v) is 13.4. The summed E-state index contributed by atoms with van der Waals surface area (Å²) in [6.07, 6.45) is 13.0. The number of fused-ring (bicyclic) bond motifs is 1. The normalized spacial score (nSPS) is 18.4. The maximum Gasteiger partial charge on any atom is 0.0780 e. The van der Waals surface area contributed by atoms with Crippen LogP contribution in [0.3, 0.4) is 0 Å². The van der Waals surface area contributed by atoms with E-state index in [0.717, 1.165) is 11.8 Å². The molecule has 3 aromatic rings. The molecule has 0 bridgehead atoms. The molecule has 1 aromatic heterocycles. The lowest BCUT2D eigenvalue weighted by molar-refractivity contribution is 0.701. The Balaban J connectivity index is 1.62. The molecule has 2 aliphatic rings. The zero-order chi connectivity index (χ0) is 22.8. The molecule has 33 heavy (non-hydrogen) atoms. The highest BCUT2D eigenvalue weighted by Gasteiger charge is 2.24. The molecule has 2 aliphatic carbocycles. The molecule has 2 fully saturated rings. The van der Waals surface area contributed by atoms with Crippen LogP contribution in [0.15, 0.2) is 53.6 Å². The first kappa shape index (κ1) is 23.0. The smallest absolute Gasteiger partial charge is 0.0780 e. The van der Waals surface area contributed by atoms with Crippen LogP contribution in [0.1, 0.15) is 95.1 Å². The predicted octanol–water partition coefficient (Wildman–Crippen LogP) is 9.44. The molecule has 0 aliphatic heterocycles. The Bertz CT molecular complexity index is 1060. The van der Waals surface area contributed by atoms with E-state index in [4.69, 9.17) is 4.98 Å². The van der Waals surface area contributed by atoms with Crippen LogP contribution in [0.25, 0.3) is 22.0 Å². The zero-order valence-electron chi connectivity index (χ0n) is 20.9. The minimum Gasteiger partial charge on any atom is -0.256 e. The van der Waals surface area contributed by atoms with Crippen LogP contribution in [-0.4, -0.2) is 22.2 Å². The van der Waals surface area contributed by atoms with Gasteiger partial charge in [0.2, 0.25) is 0 Å². The second-order valence-corrected chi connectivity index (χ2v) is 14.6. The molecule has 0 spiro atoms. The van der Waals surface area contributed by atoms with Crippen molar-refractivity contribution in [2.24, 2.45) is 0 Å². The first-order chi connectivity index (χ1) is 16.2. The molecule has 0 unspecified atom stereocenters. The Morgan fingerprint density at radius 2 is 1.30 bits per heavy atom. The molecule has 1 nitrogen and oxygen atoms in total. The van der Waals surface area contributed by atoms with Gasteiger partial charge in [0.05, 0.1) is 5.69 Å². The third kappa shape index (κ3) is 4.36. The topological polar surface area (TPSA) is 12.9 Å². The molecule has 0 amide bonds. The quantitative estimate of drug-likeness (QED) is 0.343. The van der Waals surface area contributed by atoms with Gasteiger partial charge in [-0.15, -0.1) is 0 Å². The van der Waals surface area contributed by atoms with Crippen molar-refractivity contribution in [3.05, 3.63) is 59.8 Å². The van der Waals surface area contributed by atoms with E-state index in [2.05, 4.69) is 63.2 Å². The minimum atomic E-state index is -0.714. The van der Waals surface area contributed by atoms with Crippen LogP contribution in [0, 0.1) is 0 Å². The Morgan fingerprint density at radius 1 is 0.727 bits per heavy atom. The summed E-state index contributed by atoms with van der Waals surface area (Å²) in [7, 11) is -0.714. The summed E-state index contributed by atoms with van der Waals surface area (Å²) >= 11 is 0. The van der Waals surface area contributed by atoms with Crippen LogP contribution in [0.5, 0.6) is 0 Å². The van der Waals surface area contributed by atoms with Gasteiger partial charge in [-0.2, -0.15) is 0 Å². The van der Waals surface area contributed by atoms with Crippen LogP contribution < -0.4 is 0 Å². The number of pyridine rings is 1. The minimum absolute atomic E-state index is 0.714. The SMILES string of the molecule is CCS(CC)(CC)c1ccc2c(-c3cc(C4CCCC4)cc(C4CCCC4)c3)nccc2c1. The van der Waals surface area contributed by atoms with Gasteiger partial charge in [0.15, 0.2) is 0 Å². The number of hydrogen-bond donors (Lipinski definition) is 0. The lowest BCUT2D eigenvalue weighted by Crippen LogP contribution is -2.09. The van der Waals surface area contributed by atoms with E-state index < -0.39 is 10.0 Å². The van der Waals surface area contributed by atoms with Gasteiger partial charge in [-0.25, -0.2) is 10.0 Å². The maximum absolute atomic E-state index is 4.97. The summed E-state index contributed by atoms with van der Waals surface area (Å²) < 4.78 is 0. The second kappa shape index (κ2) is 9.82. The fourth-order valence-electron chi connectivity index (χ4n) is 6.57. The van der Waals surface area contributed by atoms with E-state index in [9.17, 15) is 0 Å². The molecular formula is C31H41NS. The first-order valence-corrected chi connectivity index (χ1v) is 15.6. The van der Waals surface area contributed by atoms with Gasteiger partial charge in [-0.3, -0.25) is 4.98 Å². The fourth-order valence-corrected chi connectivity index (χ4v) is 9.53. The highest BCUT2D eigenvalue weighted by atomic mass is 32.3. The number of benzene rings is 2. The molecule has 0 radical (unpaired) electrons. The summed E-state index contributed by atoms with van der Waals surface area (Å²) in [5.41, 5.74) is 5.69. The molecule has 0 saturated heterocycles. The molecule has 176 valence electrons. The van der Waals surface area contributed by atoms with Gasteiger partial charge >= 0.3 is 0 Å². The Morgan fingerprint density at radius 3 is 1.85 bits per heavy atom. The van der Waals surface area contributed by atoms with E-state index >= 15 is 0 Å². The van der Waals surface area contributed by atoms with E-state index in [-0.39, 0.29) is 0 Å². The van der Waals surface area contributed by atoms with Crippen molar-refractivity contribution in [1.29, 1.82) is 0 Å². The molecule has 1 heterocycles. The van der Waals surface area contributed by atoms with Crippen molar-refractivity contribution in [1.82, 2.24) is 4.98 Å². The van der Waals surface area contributed by atoms with Crippen molar-refractivity contribution in [3.63, 3.8) is 0 Å². The average molecular weight is 460 g/mol. The summed E-state index contributed by atoms with van der Waals surface area (Å²) in [5, 5.41) is 2.68. The van der Waals surface area contributed by atoms with Gasteiger partial charge < -0.3 is 0 Å². The zero-order valence-corrected chi connectivity index (χ0v) is 21.7. The van der Waals surface area contributed by atoms with Crippen LogP contribution in [-0.2, 0) is 0 Å². The lowest BCUT2D eigenvalue weighted by Gasteiger charge is -2.38. The van der Waals surface area contributed by atoms with Gasteiger partial charge in [0.25, 0.3) is 0 Å². The van der Waals surface area contributed by atoms with E-state index in [1.165, 1.54) is 90.7 Å². The molecular weight excluding hydrogens is 418 g/mol. The van der Waals surface area contributed by atoms with Crippen LogP contribution in [0.2, 0.25) is 0 Å². The number of hydrogen-bond acceptors (Lipinski definition) is 1. The Hall–Kier alpha value is -1.80. The largest absolute Gasteiger partial charge is 0.256 e. The summed E-state index contributed by atoms with van der Waals surface area (Å²) in [4.78, 5) is 6.55. The second-order valence-electron chi connectivity index (χ2n) is 10.3. The van der Waals surface area contributed by atoms with Crippen molar-refractivity contribution >= 4 is 20.8 Å². The summed E-state index contributed by atoms with van der Waals surface area (Å²) in [6.45, 7) is 7.14. The molecule has 2 saturated carbocycles. The standard InChI is InChI=1S/C31H41NS/c1-4-33(5-2,6-3)29-15-16-30-25(22-29)17-18-32-31(30)28-20-26(23-11-7-8-12-23)19-27(21-28)24-13-9-10-14-24/h15-24H,4-14H2,1-3H3. The highest BCUT2D eigenvalue weighted by Crippen LogP contribution is 2.55. The van der Waals surface area contributed by atoms with Gasteiger partial charge in [-0.1, -0.05) is 58.6 Å². The molecule has 0 atom stereocenters. The van der Waals surface area contributed by atoms with Crippen molar-refractivity contribution < 1.29 is 0 Å². The molecule has 2 aromatic carbocycles. The third-order valence-electron chi connectivity index (χ3n) is 8.80. The van der Waals surface area contributed by atoms with Crippen molar-refractivity contribution in [3.8, 4) is 11.3 Å². The van der Waals surface area contributed by atoms with Crippen LogP contribution in [0.4, 0.5) is 0 Å². The average Bonchev–Trinajstić information content (AvgIpc) is 3.60. The number of aromatic nitrogens is 1. The molecule has 2 heteroatoms. The number of rotatable bonds is 7. The van der Waals surface area contributed by atoms with E-state index in [0.29, 0.717) is 0 Å². The molecule has 0 N–H and O–H groups in total. The molecule has 5 rings (SSSR count). The van der Waals surface area contributed by atoms with Crippen molar-refractivity contribution in [2.75, 3.05) is 17.3 Å². The van der Waals surface area contributed by atoms with E-state index in [1.807, 2.05) is 6.20 Å². The highest BCUT2D eigenvalue weighted by molar-refractivity contribution is 8.33. The van der Waals surface area contributed by atoms with Gasteiger partial charge in [0, 0.05) is 17.1 Å². The Labute approximate surface area is 202 Å². The van der Waals surface area contributed by atoms with E-state index in [1.54, 1.807) is 16.0 Å². The first-order valence-electron chi connectivity index (χ1n) is 13.5. The predicted molar refractivity (Wildman–Crippen MR) is 147 cm³/mol. The van der Waals surface area contributed by atoms with Crippen LogP contribution >= 0.6 is 10.0 Å².